The van der Waals surface area contributed by atoms with Crippen molar-refractivity contribution in [3.8, 4) is 0 Å². The van der Waals surface area contributed by atoms with E-state index in [1.807, 2.05) is 17.3 Å². The standard InChI is InChI=1S/C11H18N4/c1-10-3-4-13-11(9-10)14-5-2-6-15(12)8-7-14/h3-4,9H,2,5-8,12H2,1H3. The van der Waals surface area contributed by atoms with Crippen LogP contribution in [0.2, 0.25) is 0 Å². The molecule has 0 atom stereocenters. The minimum atomic E-state index is 0.912. The van der Waals surface area contributed by atoms with E-state index in [9.17, 15) is 0 Å². The first-order valence-electron chi connectivity index (χ1n) is 5.43. The van der Waals surface area contributed by atoms with Gasteiger partial charge in [-0.1, -0.05) is 0 Å². The highest BCUT2D eigenvalue weighted by atomic mass is 15.4. The summed E-state index contributed by atoms with van der Waals surface area (Å²) >= 11 is 0. The summed E-state index contributed by atoms with van der Waals surface area (Å²) in [4.78, 5) is 6.70. The van der Waals surface area contributed by atoms with Gasteiger partial charge >= 0.3 is 0 Å². The second-order valence-electron chi connectivity index (χ2n) is 4.07. The number of hydrogen-bond donors (Lipinski definition) is 1. The van der Waals surface area contributed by atoms with Gasteiger partial charge in [-0.05, 0) is 31.0 Å². The number of nitrogens with two attached hydrogens (primary N) is 1. The zero-order chi connectivity index (χ0) is 10.7. The van der Waals surface area contributed by atoms with Crippen molar-refractivity contribution >= 4 is 5.82 Å². The van der Waals surface area contributed by atoms with E-state index in [4.69, 9.17) is 5.84 Å². The van der Waals surface area contributed by atoms with Crippen molar-refractivity contribution in [3.63, 3.8) is 0 Å². The van der Waals surface area contributed by atoms with Gasteiger partial charge in [0.1, 0.15) is 5.82 Å². The molecule has 0 aliphatic carbocycles. The fourth-order valence-corrected chi connectivity index (χ4v) is 1.86. The van der Waals surface area contributed by atoms with E-state index in [2.05, 4.69) is 22.9 Å². The van der Waals surface area contributed by atoms with Gasteiger partial charge in [-0.25, -0.2) is 9.99 Å². The van der Waals surface area contributed by atoms with Gasteiger partial charge < -0.3 is 4.90 Å². The molecule has 0 amide bonds. The Morgan fingerprint density at radius 2 is 2.13 bits per heavy atom. The normalized spacial score (nSPS) is 18.9. The second-order valence-corrected chi connectivity index (χ2v) is 4.07. The summed E-state index contributed by atoms with van der Waals surface area (Å²) in [6.07, 6.45) is 2.97. The van der Waals surface area contributed by atoms with E-state index in [1.54, 1.807) is 0 Å². The molecule has 1 fully saturated rings. The lowest BCUT2D eigenvalue weighted by molar-refractivity contribution is 0.305. The minimum absolute atomic E-state index is 0.912. The number of aromatic nitrogens is 1. The van der Waals surface area contributed by atoms with Crippen LogP contribution in [0.5, 0.6) is 0 Å². The van der Waals surface area contributed by atoms with Gasteiger partial charge in [0.15, 0.2) is 0 Å². The van der Waals surface area contributed by atoms with E-state index in [-0.39, 0.29) is 0 Å². The van der Waals surface area contributed by atoms with Crippen LogP contribution in [0.3, 0.4) is 0 Å². The van der Waals surface area contributed by atoms with Gasteiger partial charge in [0.25, 0.3) is 0 Å². The third-order valence-electron chi connectivity index (χ3n) is 2.76. The summed E-state index contributed by atoms with van der Waals surface area (Å²) in [6.45, 7) is 5.99. The summed E-state index contributed by atoms with van der Waals surface area (Å²) in [7, 11) is 0. The van der Waals surface area contributed by atoms with E-state index in [0.29, 0.717) is 0 Å². The molecule has 1 aromatic rings. The Balaban J connectivity index is 2.09. The Hall–Kier alpha value is -1.13. The number of anilines is 1. The number of rotatable bonds is 1. The third-order valence-corrected chi connectivity index (χ3v) is 2.76. The molecule has 1 saturated heterocycles. The first-order valence-corrected chi connectivity index (χ1v) is 5.43. The van der Waals surface area contributed by atoms with Crippen molar-refractivity contribution in [2.75, 3.05) is 31.1 Å². The highest BCUT2D eigenvalue weighted by Gasteiger charge is 2.13. The Morgan fingerprint density at radius 3 is 2.93 bits per heavy atom. The molecule has 0 spiro atoms. The van der Waals surface area contributed by atoms with Crippen molar-refractivity contribution in [2.24, 2.45) is 5.84 Å². The number of nitrogens with zero attached hydrogens (tertiary/aromatic N) is 3. The van der Waals surface area contributed by atoms with Crippen LogP contribution in [0.4, 0.5) is 5.82 Å². The monoisotopic (exact) mass is 206 g/mol. The summed E-state index contributed by atoms with van der Waals surface area (Å²) in [5, 5.41) is 1.88. The molecule has 2 rings (SSSR count). The van der Waals surface area contributed by atoms with Gasteiger partial charge in [-0.2, -0.15) is 0 Å². The quantitative estimate of drug-likeness (QED) is 0.690. The molecule has 0 radical (unpaired) electrons. The van der Waals surface area contributed by atoms with Crippen LogP contribution in [0.25, 0.3) is 0 Å². The van der Waals surface area contributed by atoms with Gasteiger partial charge in [0, 0.05) is 32.4 Å². The summed E-state index contributed by atoms with van der Waals surface area (Å²) < 4.78 is 0. The predicted molar refractivity (Wildman–Crippen MR) is 61.6 cm³/mol. The van der Waals surface area contributed by atoms with Crippen molar-refractivity contribution in [1.82, 2.24) is 9.99 Å². The van der Waals surface area contributed by atoms with Crippen LogP contribution >= 0.6 is 0 Å². The largest absolute Gasteiger partial charge is 0.355 e. The Bertz CT molecular complexity index is 326. The number of hydrogen-bond acceptors (Lipinski definition) is 4. The lowest BCUT2D eigenvalue weighted by Gasteiger charge is -2.21. The Labute approximate surface area is 90.7 Å². The fourth-order valence-electron chi connectivity index (χ4n) is 1.86. The molecule has 0 unspecified atom stereocenters. The fraction of sp³-hybridized carbons (Fsp3) is 0.545. The van der Waals surface area contributed by atoms with Crippen molar-refractivity contribution in [3.05, 3.63) is 23.9 Å². The average Bonchev–Trinajstić information content (AvgIpc) is 2.43. The zero-order valence-electron chi connectivity index (χ0n) is 9.19. The summed E-state index contributed by atoms with van der Waals surface area (Å²) in [5.74, 6) is 6.87. The molecular formula is C11H18N4. The maximum absolute atomic E-state index is 5.79. The Morgan fingerprint density at radius 1 is 1.27 bits per heavy atom. The minimum Gasteiger partial charge on any atom is -0.355 e. The molecule has 0 saturated carbocycles. The maximum atomic E-state index is 5.79. The lowest BCUT2D eigenvalue weighted by Crippen LogP contribution is -2.35. The van der Waals surface area contributed by atoms with Gasteiger partial charge in [-0.15, -0.1) is 0 Å². The molecule has 0 bridgehead atoms. The summed E-state index contributed by atoms with van der Waals surface area (Å²) in [5.41, 5.74) is 1.26. The van der Waals surface area contributed by atoms with Crippen LogP contribution in [0.1, 0.15) is 12.0 Å². The third kappa shape index (κ3) is 2.67. The SMILES string of the molecule is Cc1ccnc(N2CCCN(N)CC2)c1. The van der Waals surface area contributed by atoms with Crippen LogP contribution < -0.4 is 10.7 Å². The zero-order valence-corrected chi connectivity index (χ0v) is 9.19. The molecule has 2 heterocycles. The lowest BCUT2D eigenvalue weighted by atomic mass is 10.3. The van der Waals surface area contributed by atoms with E-state index in [0.717, 1.165) is 38.4 Å². The van der Waals surface area contributed by atoms with Gasteiger partial charge in [-0.3, -0.25) is 5.84 Å². The van der Waals surface area contributed by atoms with Crippen LogP contribution in [0.15, 0.2) is 18.3 Å². The van der Waals surface area contributed by atoms with E-state index in [1.165, 1.54) is 5.56 Å². The number of hydrazine groups is 1. The van der Waals surface area contributed by atoms with E-state index < -0.39 is 0 Å². The second kappa shape index (κ2) is 4.59. The first-order chi connectivity index (χ1) is 7.25. The molecule has 15 heavy (non-hydrogen) atoms. The Kier molecular flexibility index (Phi) is 3.18. The summed E-state index contributed by atoms with van der Waals surface area (Å²) in [6, 6.07) is 4.16. The molecule has 4 heteroatoms. The van der Waals surface area contributed by atoms with Crippen LogP contribution in [-0.4, -0.2) is 36.2 Å². The highest BCUT2D eigenvalue weighted by Crippen LogP contribution is 2.13. The molecule has 1 aliphatic rings. The van der Waals surface area contributed by atoms with Crippen LogP contribution in [0, 0.1) is 6.92 Å². The van der Waals surface area contributed by atoms with Gasteiger partial charge in [0.2, 0.25) is 0 Å². The number of aryl methyl sites for hydroxylation is 1. The van der Waals surface area contributed by atoms with Gasteiger partial charge in [0.05, 0.1) is 0 Å². The molecular weight excluding hydrogens is 188 g/mol. The first kappa shape index (κ1) is 10.4. The van der Waals surface area contributed by atoms with E-state index >= 15 is 0 Å². The molecule has 1 aromatic heterocycles. The molecule has 82 valence electrons. The molecule has 4 nitrogen and oxygen atoms in total. The maximum Gasteiger partial charge on any atom is 0.128 e. The predicted octanol–water partition coefficient (Wildman–Crippen LogP) is 0.776. The molecule has 1 aliphatic heterocycles. The van der Waals surface area contributed by atoms with Crippen molar-refractivity contribution < 1.29 is 0 Å². The van der Waals surface area contributed by atoms with Crippen molar-refractivity contribution in [2.45, 2.75) is 13.3 Å². The van der Waals surface area contributed by atoms with Crippen molar-refractivity contribution in [1.29, 1.82) is 0 Å². The molecule has 0 aromatic carbocycles. The highest BCUT2D eigenvalue weighted by molar-refractivity contribution is 5.40. The number of pyridine rings is 1. The molecule has 2 N–H and O–H groups in total. The smallest absolute Gasteiger partial charge is 0.128 e. The van der Waals surface area contributed by atoms with Crippen LogP contribution in [-0.2, 0) is 0 Å². The topological polar surface area (TPSA) is 45.4 Å². The average molecular weight is 206 g/mol.